The van der Waals surface area contributed by atoms with Gasteiger partial charge in [0.2, 0.25) is 0 Å². The molecule has 1 amide bonds. The van der Waals surface area contributed by atoms with Crippen LogP contribution in [0, 0.1) is 5.92 Å². The van der Waals surface area contributed by atoms with Crippen molar-refractivity contribution in [2.45, 2.75) is 18.9 Å². The summed E-state index contributed by atoms with van der Waals surface area (Å²) in [7, 11) is -3.77. The monoisotopic (exact) mass is 283 g/mol. The Hall–Kier alpha value is -1.47. The SMILES string of the molecule is CCNCC(C)CN1C(=O)c2cccnc2S1(=O)=O. The molecule has 0 aliphatic carbocycles. The van der Waals surface area contributed by atoms with Crippen LogP contribution in [0.1, 0.15) is 24.2 Å². The molecule has 1 aromatic rings. The molecule has 2 rings (SSSR count). The summed E-state index contributed by atoms with van der Waals surface area (Å²) in [6, 6.07) is 3.06. The van der Waals surface area contributed by atoms with E-state index in [1.165, 1.54) is 12.3 Å². The van der Waals surface area contributed by atoms with E-state index in [4.69, 9.17) is 0 Å². The van der Waals surface area contributed by atoms with E-state index in [9.17, 15) is 13.2 Å². The van der Waals surface area contributed by atoms with Crippen molar-refractivity contribution in [3.05, 3.63) is 23.9 Å². The summed E-state index contributed by atoms with van der Waals surface area (Å²) in [5.41, 5.74) is 0.165. The number of rotatable bonds is 5. The van der Waals surface area contributed by atoms with Crippen LogP contribution in [0.4, 0.5) is 0 Å². The van der Waals surface area contributed by atoms with Crippen LogP contribution >= 0.6 is 0 Å². The Balaban J connectivity index is 2.23. The first kappa shape index (κ1) is 14.0. The van der Waals surface area contributed by atoms with E-state index in [0.717, 1.165) is 10.8 Å². The smallest absolute Gasteiger partial charge is 0.285 e. The molecule has 104 valence electrons. The van der Waals surface area contributed by atoms with Crippen LogP contribution in [0.15, 0.2) is 23.4 Å². The minimum atomic E-state index is -3.77. The maximum atomic E-state index is 12.2. The van der Waals surface area contributed by atoms with E-state index >= 15 is 0 Å². The molecule has 0 spiro atoms. The van der Waals surface area contributed by atoms with Gasteiger partial charge in [-0.25, -0.2) is 9.29 Å². The zero-order valence-corrected chi connectivity index (χ0v) is 11.8. The third-order valence-electron chi connectivity index (χ3n) is 2.98. The summed E-state index contributed by atoms with van der Waals surface area (Å²) >= 11 is 0. The molecule has 1 aromatic heterocycles. The summed E-state index contributed by atoms with van der Waals surface area (Å²) < 4.78 is 25.4. The van der Waals surface area contributed by atoms with Crippen LogP contribution in [0.3, 0.4) is 0 Å². The van der Waals surface area contributed by atoms with Crippen molar-refractivity contribution in [2.75, 3.05) is 19.6 Å². The molecule has 1 aliphatic heterocycles. The van der Waals surface area contributed by atoms with Gasteiger partial charge < -0.3 is 5.32 Å². The van der Waals surface area contributed by atoms with Crippen LogP contribution in [0.2, 0.25) is 0 Å². The number of nitrogens with zero attached hydrogens (tertiary/aromatic N) is 2. The quantitative estimate of drug-likeness (QED) is 0.850. The topological polar surface area (TPSA) is 79.4 Å². The number of hydrogen-bond donors (Lipinski definition) is 1. The summed E-state index contributed by atoms with van der Waals surface area (Å²) in [6.07, 6.45) is 1.38. The molecular weight excluding hydrogens is 266 g/mol. The lowest BCUT2D eigenvalue weighted by atomic mass is 10.1. The van der Waals surface area contributed by atoms with Gasteiger partial charge in [-0.1, -0.05) is 13.8 Å². The van der Waals surface area contributed by atoms with E-state index in [1.54, 1.807) is 6.07 Å². The molecule has 0 saturated heterocycles. The Morgan fingerprint density at radius 3 is 2.84 bits per heavy atom. The lowest BCUT2D eigenvalue weighted by Gasteiger charge is -2.19. The summed E-state index contributed by atoms with van der Waals surface area (Å²) in [6.45, 7) is 5.53. The second-order valence-electron chi connectivity index (χ2n) is 4.61. The highest BCUT2D eigenvalue weighted by Crippen LogP contribution is 2.28. The highest BCUT2D eigenvalue weighted by Gasteiger charge is 2.42. The molecule has 0 bridgehead atoms. The molecule has 1 aliphatic rings. The van der Waals surface area contributed by atoms with E-state index in [-0.39, 0.29) is 23.1 Å². The van der Waals surface area contributed by atoms with Gasteiger partial charge in [-0.3, -0.25) is 4.79 Å². The van der Waals surface area contributed by atoms with Crippen molar-refractivity contribution in [1.29, 1.82) is 0 Å². The van der Waals surface area contributed by atoms with Gasteiger partial charge in [0, 0.05) is 12.7 Å². The Bertz CT molecular complexity index is 586. The van der Waals surface area contributed by atoms with Crippen LogP contribution in [0.25, 0.3) is 0 Å². The number of sulfonamides is 1. The highest BCUT2D eigenvalue weighted by molar-refractivity contribution is 7.90. The average Bonchev–Trinajstić information content (AvgIpc) is 2.58. The molecule has 1 atom stereocenters. The van der Waals surface area contributed by atoms with Gasteiger partial charge in [-0.2, -0.15) is 8.42 Å². The van der Waals surface area contributed by atoms with Crippen molar-refractivity contribution in [3.63, 3.8) is 0 Å². The average molecular weight is 283 g/mol. The molecule has 0 radical (unpaired) electrons. The molecule has 6 nitrogen and oxygen atoms in total. The molecular formula is C12H17N3O3S. The zero-order valence-electron chi connectivity index (χ0n) is 11.0. The van der Waals surface area contributed by atoms with Gasteiger partial charge in [0.15, 0.2) is 5.03 Å². The molecule has 19 heavy (non-hydrogen) atoms. The standard InChI is InChI=1S/C12H17N3O3S/c1-3-13-7-9(2)8-15-12(16)10-5-4-6-14-11(10)19(15,17)18/h4-6,9,13H,3,7-8H2,1-2H3. The van der Waals surface area contributed by atoms with Crippen LogP contribution in [-0.2, 0) is 10.0 Å². The fraction of sp³-hybridized carbons (Fsp3) is 0.500. The number of carbonyl (C=O) groups excluding carboxylic acids is 1. The summed E-state index contributed by atoms with van der Waals surface area (Å²) in [4.78, 5) is 15.9. The second kappa shape index (κ2) is 5.26. The van der Waals surface area contributed by atoms with E-state index in [2.05, 4.69) is 10.3 Å². The van der Waals surface area contributed by atoms with Crippen LogP contribution in [-0.4, -0.2) is 43.2 Å². The van der Waals surface area contributed by atoms with Gasteiger partial charge in [0.05, 0.1) is 5.56 Å². The largest absolute Gasteiger partial charge is 0.317 e. The summed E-state index contributed by atoms with van der Waals surface area (Å²) in [5, 5.41) is 3.01. The maximum Gasteiger partial charge on any atom is 0.285 e. The number of nitrogens with one attached hydrogen (secondary N) is 1. The first-order valence-corrected chi connectivity index (χ1v) is 7.65. The minimum Gasteiger partial charge on any atom is -0.317 e. The predicted molar refractivity (Wildman–Crippen MR) is 70.2 cm³/mol. The Labute approximate surface area is 112 Å². The maximum absolute atomic E-state index is 12.2. The van der Waals surface area contributed by atoms with Gasteiger partial charge in [0.1, 0.15) is 0 Å². The zero-order chi connectivity index (χ0) is 14.0. The number of fused-ring (bicyclic) bond motifs is 1. The van der Waals surface area contributed by atoms with Gasteiger partial charge in [-0.05, 0) is 31.1 Å². The van der Waals surface area contributed by atoms with E-state index in [1.807, 2.05) is 13.8 Å². The predicted octanol–water partition coefficient (Wildman–Crippen LogP) is 0.472. The number of carbonyl (C=O) groups is 1. The molecule has 2 heterocycles. The van der Waals surface area contributed by atoms with Crippen molar-refractivity contribution in [3.8, 4) is 0 Å². The van der Waals surface area contributed by atoms with Gasteiger partial charge in [0.25, 0.3) is 15.9 Å². The number of hydrogen-bond acceptors (Lipinski definition) is 5. The van der Waals surface area contributed by atoms with Gasteiger partial charge >= 0.3 is 0 Å². The van der Waals surface area contributed by atoms with Gasteiger partial charge in [-0.15, -0.1) is 0 Å². The van der Waals surface area contributed by atoms with Crippen LogP contribution < -0.4 is 5.32 Å². The molecule has 0 saturated carbocycles. The molecule has 1 unspecified atom stereocenters. The normalized spacial score (nSPS) is 18.4. The number of pyridine rings is 1. The fourth-order valence-electron chi connectivity index (χ4n) is 2.03. The molecule has 1 N–H and O–H groups in total. The molecule has 7 heteroatoms. The van der Waals surface area contributed by atoms with Crippen molar-refractivity contribution >= 4 is 15.9 Å². The third-order valence-corrected chi connectivity index (χ3v) is 4.69. The Morgan fingerprint density at radius 1 is 1.47 bits per heavy atom. The first-order chi connectivity index (χ1) is 8.98. The fourth-order valence-corrected chi connectivity index (χ4v) is 3.63. The van der Waals surface area contributed by atoms with E-state index < -0.39 is 15.9 Å². The number of aromatic nitrogens is 1. The highest BCUT2D eigenvalue weighted by atomic mass is 32.2. The first-order valence-electron chi connectivity index (χ1n) is 6.21. The minimum absolute atomic E-state index is 0.0491. The van der Waals surface area contributed by atoms with Crippen LogP contribution in [0.5, 0.6) is 0 Å². The Kier molecular flexibility index (Phi) is 3.86. The van der Waals surface area contributed by atoms with Crippen molar-refractivity contribution < 1.29 is 13.2 Å². The lowest BCUT2D eigenvalue weighted by molar-refractivity contribution is 0.0858. The Morgan fingerprint density at radius 2 is 2.21 bits per heavy atom. The van der Waals surface area contributed by atoms with Crippen molar-refractivity contribution in [2.24, 2.45) is 5.92 Å². The lowest BCUT2D eigenvalue weighted by Crippen LogP contribution is -2.37. The number of amides is 1. The van der Waals surface area contributed by atoms with E-state index in [0.29, 0.717) is 6.54 Å². The third kappa shape index (κ3) is 2.48. The second-order valence-corrected chi connectivity index (χ2v) is 6.39. The summed E-state index contributed by atoms with van der Waals surface area (Å²) in [5.74, 6) is -0.431. The van der Waals surface area contributed by atoms with Crippen molar-refractivity contribution in [1.82, 2.24) is 14.6 Å². The molecule has 0 fully saturated rings. The molecule has 0 aromatic carbocycles.